The van der Waals surface area contributed by atoms with E-state index in [1.165, 1.54) is 12.8 Å². The molecule has 0 aromatic heterocycles. The third-order valence-electron chi connectivity index (χ3n) is 4.12. The van der Waals surface area contributed by atoms with Crippen LogP contribution in [0, 0.1) is 11.3 Å². The topological polar surface area (TPSA) is 41.6 Å². The van der Waals surface area contributed by atoms with Crippen molar-refractivity contribution < 1.29 is 9.53 Å². The number of amides is 1. The molecule has 1 aliphatic heterocycles. The maximum absolute atomic E-state index is 12.2. The molecule has 0 radical (unpaired) electrons. The summed E-state index contributed by atoms with van der Waals surface area (Å²) < 4.78 is 5.49. The Kier molecular flexibility index (Phi) is 6.72. The lowest BCUT2D eigenvalue weighted by Gasteiger charge is -2.29. The van der Waals surface area contributed by atoms with Crippen LogP contribution in [0.25, 0.3) is 0 Å². The molecule has 1 amide bonds. The minimum atomic E-state index is -0.414. The van der Waals surface area contributed by atoms with E-state index in [0.29, 0.717) is 17.4 Å². The van der Waals surface area contributed by atoms with Crippen LogP contribution in [-0.4, -0.2) is 42.3 Å². The summed E-state index contributed by atoms with van der Waals surface area (Å²) in [5.41, 5.74) is -0.0559. The maximum Gasteiger partial charge on any atom is 0.410 e. The Bertz CT molecular complexity index is 355. The summed E-state index contributed by atoms with van der Waals surface area (Å²) in [7, 11) is 0. The second-order valence-corrected chi connectivity index (χ2v) is 8.74. The number of nitrogens with zero attached hydrogens (tertiary/aromatic N) is 1. The molecule has 0 aromatic rings. The molecule has 22 heavy (non-hydrogen) atoms. The zero-order valence-corrected chi connectivity index (χ0v) is 15.7. The van der Waals surface area contributed by atoms with E-state index in [1.54, 1.807) is 0 Å². The minimum Gasteiger partial charge on any atom is -0.444 e. The highest BCUT2D eigenvalue weighted by molar-refractivity contribution is 5.68. The van der Waals surface area contributed by atoms with Crippen LogP contribution in [0.3, 0.4) is 0 Å². The molecule has 2 atom stereocenters. The number of carbonyl (C=O) groups excluding carboxylic acids is 1. The number of nitrogens with one attached hydrogen (secondary N) is 1. The predicted molar refractivity (Wildman–Crippen MR) is 92.1 cm³/mol. The Hall–Kier alpha value is -0.770. The SMILES string of the molecule is CCNC(CCC(C)(C)C)C1CCN(C(=O)OC(C)(C)C)C1. The predicted octanol–water partition coefficient (Wildman–Crippen LogP) is 4.05. The molecule has 1 heterocycles. The third kappa shape index (κ3) is 6.99. The van der Waals surface area contributed by atoms with Gasteiger partial charge in [0.25, 0.3) is 0 Å². The van der Waals surface area contributed by atoms with Crippen LogP contribution in [0.5, 0.6) is 0 Å². The van der Waals surface area contributed by atoms with E-state index < -0.39 is 5.60 Å². The molecule has 0 saturated carbocycles. The van der Waals surface area contributed by atoms with Gasteiger partial charge in [0.15, 0.2) is 0 Å². The van der Waals surface area contributed by atoms with E-state index in [-0.39, 0.29) is 6.09 Å². The molecule has 1 rings (SSSR count). The summed E-state index contributed by atoms with van der Waals surface area (Å²) in [6.45, 7) is 17.4. The van der Waals surface area contributed by atoms with Crippen molar-refractivity contribution in [1.29, 1.82) is 0 Å². The van der Waals surface area contributed by atoms with Gasteiger partial charge in [-0.05, 0) is 57.9 Å². The van der Waals surface area contributed by atoms with Crippen LogP contribution in [0.2, 0.25) is 0 Å². The first-order valence-electron chi connectivity index (χ1n) is 8.73. The Morgan fingerprint density at radius 1 is 1.27 bits per heavy atom. The van der Waals surface area contributed by atoms with Gasteiger partial charge in [-0.25, -0.2) is 4.79 Å². The van der Waals surface area contributed by atoms with Crippen LogP contribution < -0.4 is 5.32 Å². The van der Waals surface area contributed by atoms with Gasteiger partial charge in [-0.2, -0.15) is 0 Å². The van der Waals surface area contributed by atoms with E-state index >= 15 is 0 Å². The average Bonchev–Trinajstić information content (AvgIpc) is 2.80. The van der Waals surface area contributed by atoms with Gasteiger partial charge in [0.1, 0.15) is 5.60 Å². The van der Waals surface area contributed by atoms with Gasteiger partial charge < -0.3 is 15.0 Å². The molecule has 0 bridgehead atoms. The van der Waals surface area contributed by atoms with Crippen molar-refractivity contribution in [1.82, 2.24) is 10.2 Å². The summed E-state index contributed by atoms with van der Waals surface area (Å²) in [6, 6.07) is 0.497. The largest absolute Gasteiger partial charge is 0.444 e. The number of hydrogen-bond donors (Lipinski definition) is 1. The second kappa shape index (κ2) is 7.67. The van der Waals surface area contributed by atoms with Crippen molar-refractivity contribution in [3.63, 3.8) is 0 Å². The monoisotopic (exact) mass is 312 g/mol. The standard InChI is InChI=1S/C18H36N2O2/c1-8-19-15(9-11-17(2,3)4)14-10-12-20(13-14)16(21)22-18(5,6)7/h14-15,19H,8-13H2,1-7H3. The molecule has 1 N–H and O–H groups in total. The molecule has 4 nitrogen and oxygen atoms in total. The molecule has 0 aromatic carbocycles. The molecule has 1 fully saturated rings. The molecule has 1 saturated heterocycles. The van der Waals surface area contributed by atoms with Crippen LogP contribution in [0.4, 0.5) is 4.79 Å². The molecule has 2 unspecified atom stereocenters. The third-order valence-corrected chi connectivity index (χ3v) is 4.12. The lowest BCUT2D eigenvalue weighted by Crippen LogP contribution is -2.40. The van der Waals surface area contributed by atoms with Crippen molar-refractivity contribution >= 4 is 6.09 Å². The van der Waals surface area contributed by atoms with E-state index in [4.69, 9.17) is 4.74 Å². The fraction of sp³-hybridized carbons (Fsp3) is 0.944. The highest BCUT2D eigenvalue weighted by atomic mass is 16.6. The average molecular weight is 312 g/mol. The molecule has 1 aliphatic rings. The maximum atomic E-state index is 12.2. The Balaban J connectivity index is 2.55. The van der Waals surface area contributed by atoms with E-state index in [0.717, 1.165) is 26.1 Å². The van der Waals surface area contributed by atoms with Crippen LogP contribution in [-0.2, 0) is 4.74 Å². The fourth-order valence-electron chi connectivity index (χ4n) is 2.96. The Morgan fingerprint density at radius 3 is 2.41 bits per heavy atom. The van der Waals surface area contributed by atoms with Crippen molar-refractivity contribution in [2.45, 2.75) is 79.4 Å². The Labute approximate surface area is 137 Å². The highest BCUT2D eigenvalue weighted by Crippen LogP contribution is 2.28. The minimum absolute atomic E-state index is 0.166. The zero-order chi connectivity index (χ0) is 17.0. The lowest BCUT2D eigenvalue weighted by molar-refractivity contribution is 0.0285. The quantitative estimate of drug-likeness (QED) is 0.832. The first kappa shape index (κ1) is 19.3. The smallest absolute Gasteiger partial charge is 0.410 e. The summed E-state index contributed by atoms with van der Waals surface area (Å²) in [4.78, 5) is 14.1. The van der Waals surface area contributed by atoms with Crippen LogP contribution >= 0.6 is 0 Å². The number of hydrogen-bond acceptors (Lipinski definition) is 3. The van der Waals surface area contributed by atoms with Gasteiger partial charge in [-0.15, -0.1) is 0 Å². The number of rotatable bonds is 5. The van der Waals surface area contributed by atoms with Gasteiger partial charge in [-0.3, -0.25) is 0 Å². The molecule has 0 spiro atoms. The first-order valence-corrected chi connectivity index (χ1v) is 8.73. The van der Waals surface area contributed by atoms with Gasteiger partial charge in [0.05, 0.1) is 0 Å². The van der Waals surface area contributed by atoms with Gasteiger partial charge in [-0.1, -0.05) is 27.7 Å². The summed E-state index contributed by atoms with van der Waals surface area (Å²) in [5.74, 6) is 0.537. The van der Waals surface area contributed by atoms with Crippen LogP contribution in [0.1, 0.15) is 67.7 Å². The van der Waals surface area contributed by atoms with Gasteiger partial charge in [0, 0.05) is 19.1 Å². The van der Waals surface area contributed by atoms with Gasteiger partial charge in [0.2, 0.25) is 0 Å². The Morgan fingerprint density at radius 2 is 1.91 bits per heavy atom. The molecule has 130 valence electrons. The number of carbonyl (C=O) groups is 1. The van der Waals surface area contributed by atoms with Crippen molar-refractivity contribution in [2.24, 2.45) is 11.3 Å². The summed E-state index contributed by atoms with van der Waals surface area (Å²) >= 11 is 0. The first-order chi connectivity index (χ1) is 10.0. The van der Waals surface area contributed by atoms with Gasteiger partial charge >= 0.3 is 6.09 Å². The van der Waals surface area contributed by atoms with E-state index in [9.17, 15) is 4.79 Å². The summed E-state index contributed by atoms with van der Waals surface area (Å²) in [6.07, 6.45) is 3.28. The highest BCUT2D eigenvalue weighted by Gasteiger charge is 2.34. The van der Waals surface area contributed by atoms with Crippen LogP contribution in [0.15, 0.2) is 0 Å². The second-order valence-electron chi connectivity index (χ2n) is 8.74. The number of likely N-dealkylation sites (tertiary alicyclic amines) is 1. The molecule has 0 aliphatic carbocycles. The normalized spacial score (nSPS) is 21.0. The van der Waals surface area contributed by atoms with Crippen molar-refractivity contribution in [3.05, 3.63) is 0 Å². The van der Waals surface area contributed by atoms with E-state index in [2.05, 4.69) is 33.0 Å². The fourth-order valence-corrected chi connectivity index (χ4v) is 2.96. The van der Waals surface area contributed by atoms with Crippen molar-refractivity contribution in [3.8, 4) is 0 Å². The molecular weight excluding hydrogens is 276 g/mol. The van der Waals surface area contributed by atoms with Crippen molar-refractivity contribution in [2.75, 3.05) is 19.6 Å². The van der Waals surface area contributed by atoms with E-state index in [1.807, 2.05) is 25.7 Å². The lowest BCUT2D eigenvalue weighted by atomic mass is 9.85. The molecular formula is C18H36N2O2. The molecule has 4 heteroatoms. The number of ether oxygens (including phenoxy) is 1. The zero-order valence-electron chi connectivity index (χ0n) is 15.7. The summed E-state index contributed by atoms with van der Waals surface area (Å²) in [5, 5.41) is 3.63.